The lowest BCUT2D eigenvalue weighted by atomic mass is 10.2. The molecule has 2 N–H and O–H groups in total. The lowest BCUT2D eigenvalue weighted by Gasteiger charge is -2.33. The Morgan fingerprint density at radius 1 is 1.04 bits per heavy atom. The molecule has 0 spiro atoms. The lowest BCUT2D eigenvalue weighted by molar-refractivity contribution is 0.112. The number of rotatable bonds is 4. The molecule has 3 heterocycles. The summed E-state index contributed by atoms with van der Waals surface area (Å²) in [5.41, 5.74) is 7.91. The Morgan fingerprint density at radius 3 is 2.48 bits per heavy atom. The fraction of sp³-hybridized carbons (Fsp3) is 0.389. The minimum atomic E-state index is 0.555. The number of para-hydroxylation sites is 1. The van der Waals surface area contributed by atoms with Crippen molar-refractivity contribution in [2.75, 3.05) is 31.9 Å². The molecule has 4 rings (SSSR count). The van der Waals surface area contributed by atoms with E-state index in [1.165, 1.54) is 0 Å². The Kier molecular flexibility index (Phi) is 4.33. The summed E-state index contributed by atoms with van der Waals surface area (Å²) in [5.74, 6) is 2.27. The van der Waals surface area contributed by atoms with Gasteiger partial charge in [0.25, 0.3) is 0 Å². The molecule has 7 heteroatoms. The van der Waals surface area contributed by atoms with Crippen LogP contribution in [0.5, 0.6) is 0 Å². The number of benzene rings is 1. The maximum absolute atomic E-state index is 6.08. The number of aromatic nitrogens is 3. The summed E-state index contributed by atoms with van der Waals surface area (Å²) >= 11 is 0. The maximum atomic E-state index is 6.08. The van der Waals surface area contributed by atoms with Crippen LogP contribution in [0, 0.1) is 6.92 Å². The van der Waals surface area contributed by atoms with E-state index in [2.05, 4.69) is 24.9 Å². The minimum absolute atomic E-state index is 0.555. The van der Waals surface area contributed by atoms with E-state index in [1.807, 2.05) is 37.3 Å². The van der Waals surface area contributed by atoms with Gasteiger partial charge in [-0.1, -0.05) is 17.3 Å². The van der Waals surface area contributed by atoms with Crippen molar-refractivity contribution in [3.63, 3.8) is 0 Å². The van der Waals surface area contributed by atoms with Gasteiger partial charge in [-0.2, -0.15) is 0 Å². The first-order valence-corrected chi connectivity index (χ1v) is 8.55. The summed E-state index contributed by atoms with van der Waals surface area (Å²) < 4.78 is 5.30. The van der Waals surface area contributed by atoms with Gasteiger partial charge in [0.1, 0.15) is 11.6 Å². The van der Waals surface area contributed by atoms with Crippen molar-refractivity contribution >= 4 is 16.7 Å². The van der Waals surface area contributed by atoms with Crippen molar-refractivity contribution < 1.29 is 4.52 Å². The summed E-state index contributed by atoms with van der Waals surface area (Å²) in [4.78, 5) is 13.9. The first-order chi connectivity index (χ1) is 12.2. The molecule has 2 aromatic heterocycles. The van der Waals surface area contributed by atoms with Gasteiger partial charge in [-0.05, 0) is 19.1 Å². The molecule has 0 unspecified atom stereocenters. The summed E-state index contributed by atoms with van der Waals surface area (Å²) in [6.07, 6.45) is 0. The van der Waals surface area contributed by atoms with Gasteiger partial charge >= 0.3 is 0 Å². The first kappa shape index (κ1) is 16.0. The predicted octanol–water partition coefficient (Wildman–Crippen LogP) is 1.83. The maximum Gasteiger partial charge on any atom is 0.150 e. The number of aryl methyl sites for hydroxylation is 1. The third-order valence-corrected chi connectivity index (χ3v) is 4.57. The Hall–Kier alpha value is -2.51. The molecule has 0 saturated carbocycles. The number of hydrogen-bond acceptors (Lipinski definition) is 7. The number of hydrogen-bond donors (Lipinski definition) is 1. The van der Waals surface area contributed by atoms with Crippen LogP contribution >= 0.6 is 0 Å². The van der Waals surface area contributed by atoms with Crippen LogP contribution in [-0.2, 0) is 13.1 Å². The van der Waals surface area contributed by atoms with Crippen LogP contribution in [0.15, 0.2) is 34.9 Å². The highest BCUT2D eigenvalue weighted by molar-refractivity contribution is 5.87. The van der Waals surface area contributed by atoms with E-state index in [-0.39, 0.29) is 0 Å². The summed E-state index contributed by atoms with van der Waals surface area (Å²) in [6, 6.07) is 9.87. The molecule has 0 bridgehead atoms. The van der Waals surface area contributed by atoms with Gasteiger partial charge in [0, 0.05) is 37.6 Å². The summed E-state index contributed by atoms with van der Waals surface area (Å²) in [6.45, 7) is 7.41. The Labute approximate surface area is 146 Å². The largest absolute Gasteiger partial charge is 0.383 e. The monoisotopic (exact) mass is 338 g/mol. The van der Waals surface area contributed by atoms with Crippen molar-refractivity contribution in [3.05, 3.63) is 47.6 Å². The van der Waals surface area contributed by atoms with Crippen molar-refractivity contribution in [1.82, 2.24) is 24.9 Å². The van der Waals surface area contributed by atoms with Crippen molar-refractivity contribution in [3.8, 4) is 0 Å². The molecule has 0 atom stereocenters. The second-order valence-electron chi connectivity index (χ2n) is 6.53. The highest BCUT2D eigenvalue weighted by Crippen LogP contribution is 2.18. The van der Waals surface area contributed by atoms with Crippen LogP contribution in [0.1, 0.15) is 17.3 Å². The standard InChI is InChI=1S/C18H22N6O/c1-13-10-14(25-22-13)11-23-6-8-24(9-7-23)12-17-20-16-5-3-2-4-15(16)18(19)21-17/h2-5,10H,6-9,11-12H2,1H3,(H2,19,20,21). The van der Waals surface area contributed by atoms with E-state index in [9.17, 15) is 0 Å². The second kappa shape index (κ2) is 6.78. The average Bonchev–Trinajstić information content (AvgIpc) is 3.02. The first-order valence-electron chi connectivity index (χ1n) is 8.55. The number of fused-ring (bicyclic) bond motifs is 1. The number of nitrogens with two attached hydrogens (primary N) is 1. The molecule has 1 aromatic carbocycles. The summed E-state index contributed by atoms with van der Waals surface area (Å²) in [5, 5.41) is 4.86. The molecule has 0 amide bonds. The van der Waals surface area contributed by atoms with E-state index in [0.717, 1.165) is 67.5 Å². The number of nitrogen functional groups attached to an aromatic ring is 1. The SMILES string of the molecule is Cc1cc(CN2CCN(Cc3nc(N)c4ccccc4n3)CC2)on1. The van der Waals surface area contributed by atoms with Crippen LogP contribution in [0.2, 0.25) is 0 Å². The Morgan fingerprint density at radius 2 is 1.76 bits per heavy atom. The zero-order chi connectivity index (χ0) is 17.2. The van der Waals surface area contributed by atoms with Gasteiger partial charge in [0.2, 0.25) is 0 Å². The van der Waals surface area contributed by atoms with Crippen molar-refractivity contribution in [1.29, 1.82) is 0 Å². The van der Waals surface area contributed by atoms with Crippen LogP contribution in [0.4, 0.5) is 5.82 Å². The van der Waals surface area contributed by atoms with E-state index < -0.39 is 0 Å². The molecule has 0 aliphatic carbocycles. The fourth-order valence-corrected chi connectivity index (χ4v) is 3.24. The number of piperazine rings is 1. The average molecular weight is 338 g/mol. The Balaban J connectivity index is 1.37. The van der Waals surface area contributed by atoms with Crippen molar-refractivity contribution in [2.45, 2.75) is 20.0 Å². The zero-order valence-electron chi connectivity index (χ0n) is 14.4. The van der Waals surface area contributed by atoms with Crippen LogP contribution in [0.3, 0.4) is 0 Å². The number of anilines is 1. The summed E-state index contributed by atoms with van der Waals surface area (Å²) in [7, 11) is 0. The minimum Gasteiger partial charge on any atom is -0.383 e. The van der Waals surface area contributed by atoms with E-state index in [4.69, 9.17) is 10.3 Å². The molecule has 0 radical (unpaired) electrons. The van der Waals surface area contributed by atoms with Gasteiger partial charge < -0.3 is 10.3 Å². The molecule has 25 heavy (non-hydrogen) atoms. The third kappa shape index (κ3) is 3.62. The molecule has 1 saturated heterocycles. The Bertz CT molecular complexity index is 869. The second-order valence-corrected chi connectivity index (χ2v) is 6.53. The van der Waals surface area contributed by atoms with Gasteiger partial charge in [-0.25, -0.2) is 9.97 Å². The van der Waals surface area contributed by atoms with E-state index in [0.29, 0.717) is 5.82 Å². The smallest absolute Gasteiger partial charge is 0.150 e. The molecular weight excluding hydrogens is 316 g/mol. The zero-order valence-corrected chi connectivity index (χ0v) is 14.4. The molecule has 1 aliphatic heterocycles. The molecular formula is C18H22N6O. The van der Waals surface area contributed by atoms with Crippen molar-refractivity contribution in [2.24, 2.45) is 0 Å². The number of nitrogens with zero attached hydrogens (tertiary/aromatic N) is 5. The lowest BCUT2D eigenvalue weighted by Crippen LogP contribution is -2.45. The third-order valence-electron chi connectivity index (χ3n) is 4.57. The molecule has 130 valence electrons. The van der Waals surface area contributed by atoms with Crippen LogP contribution in [0.25, 0.3) is 10.9 Å². The van der Waals surface area contributed by atoms with Gasteiger partial charge in [-0.3, -0.25) is 9.80 Å². The van der Waals surface area contributed by atoms with Crippen LogP contribution < -0.4 is 5.73 Å². The molecule has 1 aliphatic rings. The molecule has 1 fully saturated rings. The highest BCUT2D eigenvalue weighted by atomic mass is 16.5. The van der Waals surface area contributed by atoms with E-state index >= 15 is 0 Å². The normalized spacial score (nSPS) is 16.5. The van der Waals surface area contributed by atoms with E-state index in [1.54, 1.807) is 0 Å². The van der Waals surface area contributed by atoms with Gasteiger partial charge in [0.05, 0.1) is 24.3 Å². The predicted molar refractivity (Wildman–Crippen MR) is 95.7 cm³/mol. The van der Waals surface area contributed by atoms with Gasteiger partial charge in [-0.15, -0.1) is 0 Å². The highest BCUT2D eigenvalue weighted by Gasteiger charge is 2.19. The quantitative estimate of drug-likeness (QED) is 0.777. The topological polar surface area (TPSA) is 84.3 Å². The van der Waals surface area contributed by atoms with Gasteiger partial charge in [0.15, 0.2) is 5.76 Å². The molecule has 3 aromatic rings. The fourth-order valence-electron chi connectivity index (χ4n) is 3.24. The van der Waals surface area contributed by atoms with Crippen LogP contribution in [-0.4, -0.2) is 51.1 Å². The molecule has 7 nitrogen and oxygen atoms in total.